The van der Waals surface area contributed by atoms with Crippen LogP contribution in [0.4, 0.5) is 4.39 Å². The molecular formula is C21H21FN4. The molecule has 2 aromatic carbocycles. The molecule has 0 spiro atoms. The quantitative estimate of drug-likeness (QED) is 0.440. The molecule has 0 radical (unpaired) electrons. The number of unbranched alkanes of at least 4 members (excludes halogenated alkanes) is 3. The Labute approximate surface area is 151 Å². The zero-order chi connectivity index (χ0) is 17.9. The fourth-order valence-electron chi connectivity index (χ4n) is 3.23. The number of rotatable bonds is 6. The first-order valence-corrected chi connectivity index (χ1v) is 9.15. The number of para-hydroxylation sites is 2. The SMILES string of the molecule is CCCCCCn1c(-c2ccc(F)cc2)nc2nc3ccccc3nc21. The maximum absolute atomic E-state index is 13.3. The molecule has 0 atom stereocenters. The zero-order valence-corrected chi connectivity index (χ0v) is 14.8. The smallest absolute Gasteiger partial charge is 0.198 e. The fraction of sp³-hybridized carbons (Fsp3) is 0.286. The van der Waals surface area contributed by atoms with Crippen molar-refractivity contribution in [3.8, 4) is 11.4 Å². The maximum atomic E-state index is 13.3. The summed E-state index contributed by atoms with van der Waals surface area (Å²) in [5.41, 5.74) is 4.01. The number of hydrogen-bond acceptors (Lipinski definition) is 3. The van der Waals surface area contributed by atoms with Gasteiger partial charge >= 0.3 is 0 Å². The Morgan fingerprint density at radius 3 is 2.31 bits per heavy atom. The highest BCUT2D eigenvalue weighted by molar-refractivity contribution is 5.84. The number of aromatic nitrogens is 4. The van der Waals surface area contributed by atoms with Gasteiger partial charge in [-0.1, -0.05) is 38.3 Å². The van der Waals surface area contributed by atoms with Crippen LogP contribution in [0.5, 0.6) is 0 Å². The fourth-order valence-corrected chi connectivity index (χ4v) is 3.23. The van der Waals surface area contributed by atoms with Crippen LogP contribution in [0.25, 0.3) is 33.7 Å². The summed E-state index contributed by atoms with van der Waals surface area (Å²) in [5, 5.41) is 0. The molecule has 0 N–H and O–H groups in total. The molecule has 2 aromatic heterocycles. The number of nitrogens with zero attached hydrogens (tertiary/aromatic N) is 4. The molecule has 0 aliphatic heterocycles. The van der Waals surface area contributed by atoms with Crippen LogP contribution in [0.1, 0.15) is 32.6 Å². The second-order valence-electron chi connectivity index (χ2n) is 6.51. The van der Waals surface area contributed by atoms with Crippen molar-refractivity contribution < 1.29 is 4.39 Å². The van der Waals surface area contributed by atoms with Crippen LogP contribution in [0.2, 0.25) is 0 Å². The van der Waals surface area contributed by atoms with E-state index in [1.807, 2.05) is 24.3 Å². The second kappa shape index (κ2) is 7.20. The summed E-state index contributed by atoms with van der Waals surface area (Å²) in [6.07, 6.45) is 4.63. The van der Waals surface area contributed by atoms with Crippen molar-refractivity contribution >= 4 is 22.3 Å². The lowest BCUT2D eigenvalue weighted by Gasteiger charge is -2.09. The van der Waals surface area contributed by atoms with E-state index in [0.717, 1.165) is 41.0 Å². The van der Waals surface area contributed by atoms with Crippen molar-refractivity contribution in [3.05, 3.63) is 54.3 Å². The van der Waals surface area contributed by atoms with Gasteiger partial charge in [0.2, 0.25) is 0 Å². The molecule has 0 amide bonds. The average Bonchev–Trinajstić information content (AvgIpc) is 3.01. The van der Waals surface area contributed by atoms with E-state index >= 15 is 0 Å². The molecule has 2 heterocycles. The van der Waals surface area contributed by atoms with Gasteiger partial charge in [-0.3, -0.25) is 0 Å². The number of aryl methyl sites for hydroxylation is 1. The lowest BCUT2D eigenvalue weighted by Crippen LogP contribution is -2.02. The van der Waals surface area contributed by atoms with Crippen LogP contribution in [-0.2, 0) is 6.54 Å². The first-order valence-electron chi connectivity index (χ1n) is 9.15. The summed E-state index contributed by atoms with van der Waals surface area (Å²) in [5.74, 6) is 0.549. The highest BCUT2D eigenvalue weighted by Gasteiger charge is 2.15. The molecule has 0 saturated heterocycles. The topological polar surface area (TPSA) is 43.6 Å². The van der Waals surface area contributed by atoms with Crippen molar-refractivity contribution in [2.45, 2.75) is 39.2 Å². The van der Waals surface area contributed by atoms with Crippen LogP contribution >= 0.6 is 0 Å². The van der Waals surface area contributed by atoms with E-state index in [-0.39, 0.29) is 5.82 Å². The largest absolute Gasteiger partial charge is 0.307 e. The second-order valence-corrected chi connectivity index (χ2v) is 6.51. The van der Waals surface area contributed by atoms with Crippen LogP contribution in [-0.4, -0.2) is 19.5 Å². The molecule has 4 aromatic rings. The van der Waals surface area contributed by atoms with Gasteiger partial charge in [0.05, 0.1) is 11.0 Å². The van der Waals surface area contributed by atoms with Crippen molar-refractivity contribution in [3.63, 3.8) is 0 Å². The van der Waals surface area contributed by atoms with E-state index in [0.29, 0.717) is 5.65 Å². The lowest BCUT2D eigenvalue weighted by molar-refractivity contribution is 0.592. The van der Waals surface area contributed by atoms with Gasteiger partial charge < -0.3 is 4.57 Å². The molecule has 0 aliphatic carbocycles. The molecule has 0 fully saturated rings. The summed E-state index contributed by atoms with van der Waals surface area (Å²) < 4.78 is 15.5. The predicted octanol–water partition coefficient (Wildman–Crippen LogP) is 5.37. The molecule has 0 aliphatic rings. The summed E-state index contributed by atoms with van der Waals surface area (Å²) in [6, 6.07) is 14.3. The first kappa shape index (κ1) is 16.6. The minimum absolute atomic E-state index is 0.249. The van der Waals surface area contributed by atoms with Crippen LogP contribution < -0.4 is 0 Å². The van der Waals surface area contributed by atoms with Crippen molar-refractivity contribution in [2.75, 3.05) is 0 Å². The van der Waals surface area contributed by atoms with Gasteiger partial charge in [-0.25, -0.2) is 19.3 Å². The Bertz CT molecular complexity index is 1040. The van der Waals surface area contributed by atoms with Crippen molar-refractivity contribution in [1.29, 1.82) is 0 Å². The first-order chi connectivity index (χ1) is 12.8. The summed E-state index contributed by atoms with van der Waals surface area (Å²) in [6.45, 7) is 3.03. The van der Waals surface area contributed by atoms with E-state index in [2.05, 4.69) is 16.5 Å². The van der Waals surface area contributed by atoms with Gasteiger partial charge in [0, 0.05) is 12.1 Å². The molecular weight excluding hydrogens is 327 g/mol. The predicted molar refractivity (Wildman–Crippen MR) is 102 cm³/mol. The molecule has 0 saturated carbocycles. The van der Waals surface area contributed by atoms with Gasteiger partial charge in [-0.15, -0.1) is 0 Å². The summed E-state index contributed by atoms with van der Waals surface area (Å²) in [7, 11) is 0. The van der Waals surface area contributed by atoms with E-state index in [1.165, 1.54) is 31.4 Å². The van der Waals surface area contributed by atoms with Gasteiger partial charge in [0.15, 0.2) is 11.3 Å². The van der Waals surface area contributed by atoms with Gasteiger partial charge in [-0.2, -0.15) is 0 Å². The Kier molecular flexibility index (Phi) is 4.61. The standard InChI is InChI=1S/C21H21FN4/c1-2-3-4-7-14-26-20(15-10-12-16(22)13-11-15)25-19-21(26)24-18-9-6-5-8-17(18)23-19/h5-6,8-13H,2-4,7,14H2,1H3. The third-order valence-corrected chi connectivity index (χ3v) is 4.60. The Hall–Kier alpha value is -2.82. The van der Waals surface area contributed by atoms with E-state index in [9.17, 15) is 4.39 Å². The van der Waals surface area contributed by atoms with E-state index < -0.39 is 0 Å². The zero-order valence-electron chi connectivity index (χ0n) is 14.8. The number of fused-ring (bicyclic) bond motifs is 2. The minimum Gasteiger partial charge on any atom is -0.307 e. The van der Waals surface area contributed by atoms with Gasteiger partial charge in [0.1, 0.15) is 11.6 Å². The highest BCUT2D eigenvalue weighted by atomic mass is 19.1. The summed E-state index contributed by atoms with van der Waals surface area (Å²) >= 11 is 0. The Balaban J connectivity index is 1.84. The molecule has 0 bridgehead atoms. The Morgan fingerprint density at radius 1 is 0.846 bits per heavy atom. The minimum atomic E-state index is -0.249. The third kappa shape index (κ3) is 3.17. The maximum Gasteiger partial charge on any atom is 0.198 e. The van der Waals surface area contributed by atoms with E-state index in [1.54, 1.807) is 12.1 Å². The molecule has 132 valence electrons. The van der Waals surface area contributed by atoms with Crippen molar-refractivity contribution in [1.82, 2.24) is 19.5 Å². The monoisotopic (exact) mass is 348 g/mol. The van der Waals surface area contributed by atoms with Crippen molar-refractivity contribution in [2.24, 2.45) is 0 Å². The number of halogens is 1. The Morgan fingerprint density at radius 2 is 1.58 bits per heavy atom. The molecule has 5 heteroatoms. The molecule has 4 nitrogen and oxygen atoms in total. The van der Waals surface area contributed by atoms with Gasteiger partial charge in [-0.05, 0) is 42.8 Å². The van der Waals surface area contributed by atoms with Crippen LogP contribution in [0.3, 0.4) is 0 Å². The normalized spacial score (nSPS) is 11.5. The van der Waals surface area contributed by atoms with E-state index in [4.69, 9.17) is 9.97 Å². The number of benzene rings is 2. The molecule has 4 rings (SSSR count). The lowest BCUT2D eigenvalue weighted by atomic mass is 10.2. The number of hydrogen-bond donors (Lipinski definition) is 0. The molecule has 26 heavy (non-hydrogen) atoms. The van der Waals surface area contributed by atoms with Crippen LogP contribution in [0, 0.1) is 5.82 Å². The molecule has 0 unspecified atom stereocenters. The summed E-state index contributed by atoms with van der Waals surface area (Å²) in [4.78, 5) is 14.2. The highest BCUT2D eigenvalue weighted by Crippen LogP contribution is 2.25. The third-order valence-electron chi connectivity index (χ3n) is 4.60. The number of imidazole rings is 1. The van der Waals surface area contributed by atoms with Gasteiger partial charge in [0.25, 0.3) is 0 Å². The average molecular weight is 348 g/mol. The van der Waals surface area contributed by atoms with Crippen LogP contribution in [0.15, 0.2) is 48.5 Å².